The molecule has 0 aromatic carbocycles. The van der Waals surface area contributed by atoms with E-state index >= 15 is 0 Å². The molecule has 6 atom stereocenters. The van der Waals surface area contributed by atoms with Crippen molar-refractivity contribution in [2.45, 2.75) is 410 Å². The summed E-state index contributed by atoms with van der Waals surface area (Å²) in [6.45, 7) is 77.2. The predicted octanol–water partition coefficient (Wildman–Crippen LogP) is 19.3. The first kappa shape index (κ1) is 116. The summed E-state index contributed by atoms with van der Waals surface area (Å²) in [5, 5.41) is 0. The topological polar surface area (TPSA) is 347 Å². The molecule has 0 amide bonds. The lowest BCUT2D eigenvalue weighted by atomic mass is 9.76. The zero-order chi connectivity index (χ0) is 99.3. The van der Waals surface area contributed by atoms with E-state index < -0.39 is 211 Å². The minimum Gasteiger partial charge on any atom is -0.465 e. The Bertz CT molecular complexity index is 3760. The van der Waals surface area contributed by atoms with Crippen molar-refractivity contribution in [1.82, 2.24) is 0 Å². The van der Waals surface area contributed by atoms with Gasteiger partial charge in [0.05, 0.1) is 29.5 Å². The van der Waals surface area contributed by atoms with Crippen LogP contribution in [0.1, 0.15) is 205 Å². The van der Waals surface area contributed by atoms with Gasteiger partial charge in [0.15, 0.2) is 14.5 Å². The van der Waals surface area contributed by atoms with Gasteiger partial charge >= 0.3 is 193 Å². The van der Waals surface area contributed by atoms with Crippen molar-refractivity contribution in [2.75, 3.05) is 12.8 Å². The highest BCUT2D eigenvalue weighted by Crippen LogP contribution is 2.59. The highest BCUT2D eigenvalue weighted by molar-refractivity contribution is 7.06. The average Bonchev–Trinajstić information content (AvgIpc) is 1.24. The molecule has 16 fully saturated rings. The van der Waals surface area contributed by atoms with Crippen LogP contribution >= 0.6 is 0 Å². The SMILES string of the molecule is CC1C2CC(C(=O)OCCC[Si]3(C)O[Si](C)(C)O[Si](C)(C)O[Si](C)(C)O3)C(C2)C1C.CCC(C)(C)C(=O)OC1C[Si](C)(C)C[Si](C)(C)C1.CCC(C)(C)C(=O)OC[Si]12O[Si]3(CC)O[Si]4(CC)O[Si]5(CC)O[Si](CC)(O3)O[Si](CC)(O[Si](CC)(O5)O[Si](CC)(O4)O1)O2.CCC(C)[Si](C)(C)O[Si]12O[Si]3(CC)O[Si]4(CC)O[Si]5(CC)O[Si](CC)(O3)O[Si](CC)(O[Si](CC)(O5)O[Si](CC)(O4)O1)O2. The number of hydrogen-bond donors (Lipinski definition) is 0. The molecule has 0 N–H and O–H groups in total. The monoisotopic (exact) mass is 2270 g/mol. The molecule has 2 aliphatic carbocycles. The Morgan fingerprint density at radius 1 is 0.361 bits per heavy atom. The number of ether oxygens (including phenoxy) is 3. The summed E-state index contributed by atoms with van der Waals surface area (Å²) >= 11 is 0. The van der Waals surface area contributed by atoms with Crippen LogP contribution in [0, 0.1) is 40.4 Å². The minimum atomic E-state index is -4.20. The van der Waals surface area contributed by atoms with Crippen LogP contribution in [0.2, 0.25) is 199 Å². The summed E-state index contributed by atoms with van der Waals surface area (Å²) in [5.74, 6) is 2.32. The van der Waals surface area contributed by atoms with Gasteiger partial charge in [-0.05, 0) is 166 Å². The second kappa shape index (κ2) is 41.3. The van der Waals surface area contributed by atoms with Crippen molar-refractivity contribution in [1.29, 1.82) is 0 Å². The Balaban J connectivity index is 0.000000178. The zero-order valence-electron chi connectivity index (χ0n) is 87.7. The average molecular weight is 2280 g/mol. The van der Waals surface area contributed by atoms with Gasteiger partial charge in [0.25, 0.3) is 0 Å². The molecule has 0 spiro atoms. The lowest BCUT2D eigenvalue weighted by molar-refractivity contribution is -0.158. The lowest BCUT2D eigenvalue weighted by Gasteiger charge is -2.62. The van der Waals surface area contributed by atoms with Crippen molar-refractivity contribution in [3.63, 3.8) is 0 Å². The standard InChI is InChI=1S/C21H48O14Si8.C20H50O13Si9.C20H42O6Si4.C14H30O2Si2/c1-11-21(9,10)20(22)23-19-43-33-40(16-6)27-37(13-3)24-36(12-2)25-38(14-4,29-40)31-42(18-8,35-43)32-39(15-5,26-36)30-41(17-7,28-37)34-43;1-12-20(9)34(10,11)21-42-31-39(17-6)25-36(14-3)22-35(13-2)23-37(15-4,27-39)29-41(19-8,33-42)30-38(16-5,24-35)28-40(18-7,26-36)32-42;1-15-16(2)18-13-17(15)14-19(18)20(21)22-11-10-12-30(9)25-28(5,6)23-27(3,4)24-29(7,8)26-30;1-8-14(2,3)13(15)16-12-9-17(4,5)11-18(6,7)10-12/h11-19H2,1-10H3;20H,12-19H2,1-11H3;15-19H,10-14H2,1-9H3;12H,8-11H2,1-7H3. The Kier molecular flexibility index (Phi) is 35.9. The third kappa shape index (κ3) is 25.0. The number of carbonyl (C=O) groups excluding carboxylic acids is 3. The molecule has 16 rings (SSSR count). The van der Waals surface area contributed by atoms with Gasteiger partial charge in [-0.2, -0.15) is 0 Å². The van der Waals surface area contributed by atoms with Crippen molar-refractivity contribution in [2.24, 2.45) is 40.4 Å². The molecule has 18 bridgehead atoms. The molecule has 58 heteroatoms. The first-order valence-corrected chi connectivity index (χ1v) is 102. The molecule has 2 saturated carbocycles. The van der Waals surface area contributed by atoms with Crippen LogP contribution < -0.4 is 0 Å². The van der Waals surface area contributed by atoms with Gasteiger partial charge in [-0.15, -0.1) is 0 Å². The van der Waals surface area contributed by atoms with Gasteiger partial charge < -0.3 is 134 Å². The molecule has 35 nitrogen and oxygen atoms in total. The zero-order valence-corrected chi connectivity index (χ0v) is 111. The van der Waals surface area contributed by atoms with E-state index in [-0.39, 0.29) is 41.1 Å². The Morgan fingerprint density at radius 2 is 0.639 bits per heavy atom. The molecule has 6 unspecified atom stereocenters. The second-order valence-electron chi connectivity index (χ2n) is 43.4. The molecule has 0 radical (unpaired) electrons. The summed E-state index contributed by atoms with van der Waals surface area (Å²) in [7, 11) is -74.6. The van der Waals surface area contributed by atoms with Crippen LogP contribution in [0.3, 0.4) is 0 Å². The van der Waals surface area contributed by atoms with E-state index in [4.69, 9.17) is 134 Å². The third-order valence-electron chi connectivity index (χ3n) is 28.8. The number of esters is 3. The van der Waals surface area contributed by atoms with E-state index in [0.717, 1.165) is 49.7 Å². The van der Waals surface area contributed by atoms with Gasteiger partial charge in [-0.3, -0.25) is 14.4 Å². The van der Waals surface area contributed by atoms with Gasteiger partial charge in [-0.1, -0.05) is 177 Å². The fourth-order valence-electron chi connectivity index (χ4n) is 20.7. The first-order valence-electron chi connectivity index (χ1n) is 50.2. The van der Waals surface area contributed by atoms with E-state index in [1.807, 2.05) is 132 Å². The summed E-state index contributed by atoms with van der Waals surface area (Å²) in [6, 6.07) is 8.53. The Labute approximate surface area is 822 Å². The summed E-state index contributed by atoms with van der Waals surface area (Å²) in [6.07, 6.45) is 5.24. The minimum absolute atomic E-state index is 0.00602. The van der Waals surface area contributed by atoms with Crippen LogP contribution in [-0.4, -0.2) is 237 Å². The first-order chi connectivity index (χ1) is 61.3. The maximum Gasteiger partial charge on any atom is 0.646 e. The summed E-state index contributed by atoms with van der Waals surface area (Å²) in [5.41, 5.74) is 0.689. The second-order valence-corrected chi connectivity index (χ2v) is 125. The quantitative estimate of drug-likeness (QED) is 0.0279. The number of carbonyl (C=O) groups is 3. The number of rotatable bonds is 30. The van der Waals surface area contributed by atoms with Crippen molar-refractivity contribution in [3.8, 4) is 0 Å². The molecule has 133 heavy (non-hydrogen) atoms. The fourth-order valence-corrected chi connectivity index (χ4v) is 159. The molecule has 16 aliphatic rings. The molecular formula is C75H170O35Si23. The highest BCUT2D eigenvalue weighted by Gasteiger charge is 2.86. The van der Waals surface area contributed by atoms with Crippen LogP contribution in [0.5, 0.6) is 0 Å². The summed E-state index contributed by atoms with van der Waals surface area (Å²) < 4.78 is 221. The Morgan fingerprint density at radius 3 is 0.910 bits per heavy atom. The van der Waals surface area contributed by atoms with Crippen LogP contribution in [0.4, 0.5) is 0 Å². The number of hydrogen-bond acceptors (Lipinski definition) is 35. The molecular weight excluding hydrogens is 2110 g/mol. The molecule has 14 aliphatic heterocycles. The van der Waals surface area contributed by atoms with E-state index in [2.05, 4.69) is 120 Å². The summed E-state index contributed by atoms with van der Waals surface area (Å²) in [4.78, 5) is 38.2. The van der Waals surface area contributed by atoms with E-state index in [9.17, 15) is 14.4 Å². The molecule has 0 aromatic rings. The fraction of sp³-hybridized carbons (Fsp3) is 0.960. The molecule has 14 heterocycles. The van der Waals surface area contributed by atoms with Gasteiger partial charge in [0.1, 0.15) is 0 Å². The van der Waals surface area contributed by atoms with Gasteiger partial charge in [0, 0.05) is 101 Å². The van der Waals surface area contributed by atoms with E-state index in [1.165, 1.54) is 12.1 Å². The van der Waals surface area contributed by atoms with Crippen molar-refractivity contribution >= 4 is 218 Å². The largest absolute Gasteiger partial charge is 0.646 e. The van der Waals surface area contributed by atoms with Gasteiger partial charge in [0.2, 0.25) is 0 Å². The van der Waals surface area contributed by atoms with Crippen LogP contribution in [0.15, 0.2) is 0 Å². The predicted molar refractivity (Wildman–Crippen MR) is 548 cm³/mol. The smallest absolute Gasteiger partial charge is 0.465 e. The van der Waals surface area contributed by atoms with Crippen molar-refractivity contribution in [3.05, 3.63) is 0 Å². The number of fused-ring (bicyclic) bond motifs is 2. The molecule has 772 valence electrons. The lowest BCUT2D eigenvalue weighted by Crippen LogP contribution is -2.88. The van der Waals surface area contributed by atoms with Crippen LogP contribution in [0.25, 0.3) is 0 Å². The van der Waals surface area contributed by atoms with E-state index in [0.29, 0.717) is 115 Å². The van der Waals surface area contributed by atoms with Crippen LogP contribution in [-0.2, 0) is 148 Å². The maximum atomic E-state index is 13.3. The van der Waals surface area contributed by atoms with E-state index in [1.54, 1.807) is 0 Å². The Hall–Kier alpha value is 2.24. The molecule has 0 aromatic heterocycles. The maximum absolute atomic E-state index is 13.3. The normalized spacial score (nSPS) is 42.8. The molecule has 14 saturated heterocycles. The van der Waals surface area contributed by atoms with Crippen molar-refractivity contribution < 1.29 is 148 Å². The third-order valence-corrected chi connectivity index (χ3v) is 134. The highest BCUT2D eigenvalue weighted by atomic mass is 28.7. The van der Waals surface area contributed by atoms with Gasteiger partial charge in [-0.25, -0.2) is 0 Å².